The molecule has 22 heavy (non-hydrogen) atoms. The number of anilines is 2. The molecule has 7 nitrogen and oxygen atoms in total. The summed E-state index contributed by atoms with van der Waals surface area (Å²) in [5, 5.41) is 18.3. The Hall–Kier alpha value is -2.58. The fourth-order valence-corrected chi connectivity index (χ4v) is 2.43. The van der Waals surface area contributed by atoms with Gasteiger partial charge in [0.1, 0.15) is 11.3 Å². The van der Waals surface area contributed by atoms with Crippen LogP contribution in [0.5, 0.6) is 0 Å². The Morgan fingerprint density at radius 1 is 1.09 bits per heavy atom. The van der Waals surface area contributed by atoms with Gasteiger partial charge in [0.15, 0.2) is 0 Å². The van der Waals surface area contributed by atoms with Crippen LogP contribution < -0.4 is 5.32 Å². The van der Waals surface area contributed by atoms with E-state index in [1.807, 2.05) is 30.6 Å². The lowest BCUT2D eigenvalue weighted by molar-refractivity contribution is 1.09. The average Bonchev–Trinajstić information content (AvgIpc) is 3.20. The molecule has 110 valence electrons. The third kappa shape index (κ3) is 2.74. The Morgan fingerprint density at radius 3 is 2.82 bits per heavy atom. The van der Waals surface area contributed by atoms with Crippen LogP contribution in [-0.4, -0.2) is 30.4 Å². The van der Waals surface area contributed by atoms with Crippen LogP contribution in [0.25, 0.3) is 22.2 Å². The van der Waals surface area contributed by atoms with Crippen LogP contribution in [0.3, 0.4) is 0 Å². The molecule has 4 heterocycles. The molecule has 4 rings (SSSR count). The predicted molar refractivity (Wildman–Crippen MR) is 87.6 cm³/mol. The van der Waals surface area contributed by atoms with Crippen molar-refractivity contribution in [2.45, 2.75) is 0 Å². The molecule has 0 fully saturated rings. The van der Waals surface area contributed by atoms with Crippen LogP contribution in [0.2, 0.25) is 0 Å². The molecule has 4 aromatic rings. The Labute approximate surface area is 135 Å². The average molecular weight is 332 g/mol. The lowest BCUT2D eigenvalue weighted by atomic mass is 10.1. The number of aromatic nitrogens is 6. The smallest absolute Gasteiger partial charge is 0.210 e. The van der Waals surface area contributed by atoms with Gasteiger partial charge in [0.05, 0.1) is 17.2 Å². The molecule has 0 aliphatic heterocycles. The SMILES string of the molecule is Cl.c1nnc(Nc2ccc3ncc(-c4cn[nH]c4)cc3n2)s1. The molecule has 0 spiro atoms. The molecule has 2 N–H and O–H groups in total. The van der Waals surface area contributed by atoms with Gasteiger partial charge in [0.25, 0.3) is 0 Å². The fourth-order valence-electron chi connectivity index (χ4n) is 1.98. The van der Waals surface area contributed by atoms with Crippen molar-refractivity contribution in [1.82, 2.24) is 30.4 Å². The van der Waals surface area contributed by atoms with Gasteiger partial charge in [-0.2, -0.15) is 5.10 Å². The Balaban J connectivity index is 0.00000144. The molecule has 0 aliphatic carbocycles. The number of nitrogens with zero attached hydrogens (tertiary/aromatic N) is 5. The van der Waals surface area contributed by atoms with Gasteiger partial charge < -0.3 is 5.32 Å². The Bertz CT molecular complexity index is 877. The first kappa shape index (κ1) is 14.4. The van der Waals surface area contributed by atoms with Crippen LogP contribution in [0.4, 0.5) is 10.9 Å². The summed E-state index contributed by atoms with van der Waals surface area (Å²) in [6, 6.07) is 5.78. The van der Waals surface area contributed by atoms with Crippen molar-refractivity contribution in [3.8, 4) is 11.1 Å². The maximum absolute atomic E-state index is 4.56. The molecule has 4 aromatic heterocycles. The van der Waals surface area contributed by atoms with Crippen molar-refractivity contribution < 1.29 is 0 Å². The standard InChI is InChI=1S/C13H9N7S.ClH/c1-2-12(19-13-20-17-7-21-13)18-11-3-8(4-14-10(1)11)9-5-15-16-6-9;/h1-7H,(H,15,16)(H,18,19,20);1H. The first-order valence-corrected chi connectivity index (χ1v) is 7.05. The molecule has 0 bridgehead atoms. The van der Waals surface area contributed by atoms with E-state index in [0.717, 1.165) is 22.2 Å². The van der Waals surface area contributed by atoms with Gasteiger partial charge in [-0.15, -0.1) is 22.6 Å². The molecular formula is C13H10ClN7S. The molecule has 0 aliphatic rings. The molecule has 0 amide bonds. The van der Waals surface area contributed by atoms with E-state index in [1.165, 1.54) is 11.3 Å². The van der Waals surface area contributed by atoms with Crippen molar-refractivity contribution >= 4 is 45.7 Å². The summed E-state index contributed by atoms with van der Waals surface area (Å²) in [6.45, 7) is 0. The van der Waals surface area contributed by atoms with Crippen molar-refractivity contribution in [2.75, 3.05) is 5.32 Å². The number of H-pyrrole nitrogens is 1. The zero-order chi connectivity index (χ0) is 14.1. The maximum Gasteiger partial charge on any atom is 0.210 e. The zero-order valence-electron chi connectivity index (χ0n) is 11.1. The van der Waals surface area contributed by atoms with Crippen molar-refractivity contribution in [1.29, 1.82) is 0 Å². The summed E-state index contributed by atoms with van der Waals surface area (Å²) in [5.41, 5.74) is 5.26. The number of aromatic amines is 1. The summed E-state index contributed by atoms with van der Waals surface area (Å²) in [6.07, 6.45) is 5.39. The second-order valence-corrected chi connectivity index (χ2v) is 5.15. The maximum atomic E-state index is 4.56. The second-order valence-electron chi connectivity index (χ2n) is 4.31. The third-order valence-corrected chi connectivity index (χ3v) is 3.57. The molecule has 0 saturated carbocycles. The highest BCUT2D eigenvalue weighted by molar-refractivity contribution is 7.13. The molecule has 0 radical (unpaired) electrons. The second kappa shape index (κ2) is 6.04. The van der Waals surface area contributed by atoms with Gasteiger partial charge in [0, 0.05) is 23.5 Å². The van der Waals surface area contributed by atoms with Crippen LogP contribution in [0.15, 0.2) is 42.3 Å². The van der Waals surface area contributed by atoms with E-state index in [2.05, 4.69) is 35.7 Å². The van der Waals surface area contributed by atoms with Crippen LogP contribution in [-0.2, 0) is 0 Å². The predicted octanol–water partition coefficient (Wildman–Crippen LogP) is 3.04. The largest absolute Gasteiger partial charge is 0.315 e. The van der Waals surface area contributed by atoms with Gasteiger partial charge in [-0.25, -0.2) is 4.98 Å². The highest BCUT2D eigenvalue weighted by atomic mass is 35.5. The Morgan fingerprint density at radius 2 is 2.05 bits per heavy atom. The number of hydrogen-bond acceptors (Lipinski definition) is 7. The first-order chi connectivity index (χ1) is 10.4. The normalized spacial score (nSPS) is 10.4. The topological polar surface area (TPSA) is 92.3 Å². The van der Waals surface area contributed by atoms with Crippen LogP contribution in [0.1, 0.15) is 0 Å². The summed E-state index contributed by atoms with van der Waals surface area (Å²) in [7, 11) is 0. The summed E-state index contributed by atoms with van der Waals surface area (Å²) in [4.78, 5) is 8.97. The van der Waals surface area contributed by atoms with Crippen molar-refractivity contribution in [3.63, 3.8) is 0 Å². The minimum absolute atomic E-state index is 0. The van der Waals surface area contributed by atoms with Crippen LogP contribution >= 0.6 is 23.7 Å². The first-order valence-electron chi connectivity index (χ1n) is 6.18. The van der Waals surface area contributed by atoms with Gasteiger partial charge in [-0.05, 0) is 18.2 Å². The van der Waals surface area contributed by atoms with E-state index >= 15 is 0 Å². The van der Waals surface area contributed by atoms with Gasteiger partial charge >= 0.3 is 0 Å². The summed E-state index contributed by atoms with van der Waals surface area (Å²) in [5.74, 6) is 0.713. The van der Waals surface area contributed by atoms with E-state index in [0.29, 0.717) is 10.9 Å². The van der Waals surface area contributed by atoms with E-state index in [1.54, 1.807) is 11.7 Å². The minimum Gasteiger partial charge on any atom is -0.315 e. The zero-order valence-corrected chi connectivity index (χ0v) is 12.7. The quantitative estimate of drug-likeness (QED) is 0.599. The van der Waals surface area contributed by atoms with Gasteiger partial charge in [-0.3, -0.25) is 10.1 Å². The molecule has 0 unspecified atom stereocenters. The highest BCUT2D eigenvalue weighted by Crippen LogP contribution is 2.23. The number of pyridine rings is 2. The number of rotatable bonds is 3. The van der Waals surface area contributed by atoms with Crippen molar-refractivity contribution in [2.24, 2.45) is 0 Å². The summed E-state index contributed by atoms with van der Waals surface area (Å²) >= 11 is 1.42. The van der Waals surface area contributed by atoms with E-state index in [4.69, 9.17) is 0 Å². The van der Waals surface area contributed by atoms with E-state index < -0.39 is 0 Å². The van der Waals surface area contributed by atoms with Gasteiger partial charge in [-0.1, -0.05) is 11.3 Å². The number of nitrogens with one attached hydrogen (secondary N) is 2. The van der Waals surface area contributed by atoms with Gasteiger partial charge in [0.2, 0.25) is 5.13 Å². The fraction of sp³-hybridized carbons (Fsp3) is 0. The van der Waals surface area contributed by atoms with Crippen molar-refractivity contribution in [3.05, 3.63) is 42.3 Å². The number of fused-ring (bicyclic) bond motifs is 1. The molecular weight excluding hydrogens is 322 g/mol. The molecule has 0 aromatic carbocycles. The monoisotopic (exact) mass is 331 g/mol. The molecule has 9 heteroatoms. The minimum atomic E-state index is 0. The Kier molecular flexibility index (Phi) is 3.94. The van der Waals surface area contributed by atoms with E-state index in [-0.39, 0.29) is 12.4 Å². The number of hydrogen-bond donors (Lipinski definition) is 2. The van der Waals surface area contributed by atoms with Crippen LogP contribution in [0, 0.1) is 0 Å². The number of halogens is 1. The molecule has 0 saturated heterocycles. The lowest BCUT2D eigenvalue weighted by Crippen LogP contribution is -1.94. The molecule has 0 atom stereocenters. The summed E-state index contributed by atoms with van der Waals surface area (Å²) < 4.78 is 0. The third-order valence-electron chi connectivity index (χ3n) is 2.96. The van der Waals surface area contributed by atoms with E-state index in [9.17, 15) is 0 Å². The lowest BCUT2D eigenvalue weighted by Gasteiger charge is -2.04. The highest BCUT2D eigenvalue weighted by Gasteiger charge is 2.05.